The molecular formula is C70H122N2Ni. The Hall–Kier alpha value is -1.99. The van der Waals surface area contributed by atoms with Crippen LogP contribution in [0.25, 0.3) is 16.9 Å². The monoisotopic (exact) mass is 1050 g/mol. The van der Waals surface area contributed by atoms with E-state index in [0.717, 1.165) is 54.6 Å². The first-order valence-electron chi connectivity index (χ1n) is 32.7. The maximum atomic E-state index is 11.3. The van der Waals surface area contributed by atoms with Crippen molar-refractivity contribution in [3.63, 3.8) is 0 Å². The molecule has 1 heterocycles. The fourth-order valence-electron chi connectivity index (χ4n) is 10.7. The smallest absolute Gasteiger partial charge is 0.0654 e. The van der Waals surface area contributed by atoms with Crippen molar-refractivity contribution in [3.8, 4) is 0 Å². The molecule has 0 saturated carbocycles. The Kier molecular flexibility index (Phi) is 46.7. The molecule has 1 aliphatic heterocycles. The number of unbranched alkanes of at least 4 members (excludes halogenated alkanes) is 39. The summed E-state index contributed by atoms with van der Waals surface area (Å²) < 4.78 is 1.43. The Morgan fingerprint density at radius 2 is 0.616 bits per heavy atom. The Labute approximate surface area is 463 Å². The van der Waals surface area contributed by atoms with E-state index in [4.69, 9.17) is 0 Å². The second-order valence-electron chi connectivity index (χ2n) is 22.6. The van der Waals surface area contributed by atoms with Crippen LogP contribution in [-0.4, -0.2) is 4.70 Å². The quantitative estimate of drug-likeness (QED) is 0.0358. The first-order chi connectivity index (χ1) is 36.1. The molecule has 0 amide bonds. The number of aryl methyl sites for hydroxylation is 2. The second-order valence-corrected chi connectivity index (χ2v) is 24.1. The third-order valence-electron chi connectivity index (χ3n) is 15.6. The molecule has 0 unspecified atom stereocenters. The molecule has 0 aromatic heterocycles. The van der Waals surface area contributed by atoms with E-state index in [1.165, 1.54) is 302 Å². The number of allylic oxidation sites excluding steroid dienone is 2. The number of nitrogens with zero attached hydrogens (tertiary/aromatic N) is 2. The van der Waals surface area contributed by atoms with Crippen molar-refractivity contribution in [3.05, 3.63) is 88.0 Å². The summed E-state index contributed by atoms with van der Waals surface area (Å²) >= 11 is 2.05. The maximum absolute atomic E-state index is 11.3. The average molecular weight is 1050 g/mol. The van der Waals surface area contributed by atoms with Crippen LogP contribution in [0.4, 0.5) is 0 Å². The Bertz CT molecular complexity index is 1560. The van der Waals surface area contributed by atoms with Crippen molar-refractivity contribution in [2.45, 2.75) is 347 Å². The van der Waals surface area contributed by atoms with Gasteiger partial charge in [0.25, 0.3) is 0 Å². The van der Waals surface area contributed by atoms with Crippen molar-refractivity contribution in [1.29, 1.82) is 0 Å². The summed E-state index contributed by atoms with van der Waals surface area (Å²) in [6.07, 6.45) is 68.6. The summed E-state index contributed by atoms with van der Waals surface area (Å²) in [4.78, 5) is 0. The van der Waals surface area contributed by atoms with Gasteiger partial charge in [-0.25, -0.2) is 4.70 Å². The summed E-state index contributed by atoms with van der Waals surface area (Å²) in [5, 5.41) is 2.87. The standard InChI is InChI=1S/C28H36N2.2C21H43.Ni/c1-4-7-12-22-14-10-17-24(19-22)27-21-26(16-9-6-3)28(30(27)29)25-18-11-15-23(20-25)13-8-5-2;2*1-3-5-7-9-11-13-15-17-19-21-20-18-16-14-12-10-8-6-4-2;/h10-11,14-15,17-21H,4-9,12-13,16H2,1-3H3;2*1,3-21H2,2H3;. The van der Waals surface area contributed by atoms with E-state index in [0.29, 0.717) is 0 Å². The Balaban J connectivity index is 0.000000529. The molecule has 1 aliphatic rings. The van der Waals surface area contributed by atoms with Crippen molar-refractivity contribution in [2.24, 2.45) is 0 Å². The Morgan fingerprint density at radius 1 is 0.329 bits per heavy atom. The number of hydrogen-bond acceptors (Lipinski definition) is 0. The van der Waals surface area contributed by atoms with Crippen molar-refractivity contribution < 1.29 is 19.1 Å². The Morgan fingerprint density at radius 3 is 0.959 bits per heavy atom. The van der Waals surface area contributed by atoms with E-state index in [2.05, 4.69) is 89.2 Å². The molecular weight excluding hydrogens is 927 g/mol. The van der Waals surface area contributed by atoms with Crippen LogP contribution in [0.5, 0.6) is 0 Å². The van der Waals surface area contributed by atoms with E-state index in [1.807, 2.05) is 14.4 Å². The fourth-order valence-corrected chi connectivity index (χ4v) is 11.9. The zero-order chi connectivity index (χ0) is 52.3. The van der Waals surface area contributed by atoms with Crippen LogP contribution < -0.4 is 0 Å². The normalized spacial score (nSPS) is 12.6. The molecule has 0 atom stereocenters. The minimum absolute atomic E-state index is 0.897. The van der Waals surface area contributed by atoms with Gasteiger partial charge >= 0.3 is 166 Å². The molecule has 0 fully saturated rings. The number of benzene rings is 2. The average Bonchev–Trinajstić information content (AvgIpc) is 3.75. The molecule has 73 heavy (non-hydrogen) atoms. The number of rotatable bonds is 51. The van der Waals surface area contributed by atoms with Crippen LogP contribution >= 0.6 is 0 Å². The summed E-state index contributed by atoms with van der Waals surface area (Å²) in [5.74, 6) is 0. The molecule has 0 aliphatic carbocycles. The molecule has 0 spiro atoms. The van der Waals surface area contributed by atoms with Crippen LogP contribution in [0.1, 0.15) is 346 Å². The molecule has 2 aromatic rings. The van der Waals surface area contributed by atoms with Crippen LogP contribution in [-0.2, 0) is 27.3 Å². The SMILES string of the molecule is CCCCC1=C(c2cccc(CCCC)c2)[N+](=[N-])C(c2cccc(CCCC)c2)=C1.CCCCCCCCCCCCCCCCCCCC[CH2][Ni][CH2]CCCCCCCCCCCCCCCCCCCC. The van der Waals surface area contributed by atoms with Gasteiger partial charge in [-0.3, -0.25) is 0 Å². The predicted molar refractivity (Wildman–Crippen MR) is 325 cm³/mol. The second kappa shape index (κ2) is 50.8. The molecule has 0 N–H and O–H groups in total. The summed E-state index contributed by atoms with van der Waals surface area (Å²) in [5.41, 5.74) is 19.3. The van der Waals surface area contributed by atoms with Gasteiger partial charge in [-0.1, -0.05) is 181 Å². The minimum Gasteiger partial charge on any atom is -0.0654 e. The molecule has 0 saturated heterocycles. The van der Waals surface area contributed by atoms with Crippen LogP contribution in [0.2, 0.25) is 10.8 Å². The summed E-state index contributed by atoms with van der Waals surface area (Å²) in [6.45, 7) is 11.3. The van der Waals surface area contributed by atoms with Crippen molar-refractivity contribution in [1.82, 2.24) is 0 Å². The van der Waals surface area contributed by atoms with E-state index in [9.17, 15) is 5.53 Å². The fraction of sp³-hybridized carbons (Fsp3) is 0.771. The van der Waals surface area contributed by atoms with E-state index < -0.39 is 0 Å². The van der Waals surface area contributed by atoms with Crippen molar-refractivity contribution >= 4 is 11.4 Å². The van der Waals surface area contributed by atoms with Crippen LogP contribution in [0, 0.1) is 0 Å². The summed E-state index contributed by atoms with van der Waals surface area (Å²) in [6, 6.07) is 17.4. The van der Waals surface area contributed by atoms with E-state index in [-0.39, 0.29) is 0 Å². The third kappa shape index (κ3) is 36.6. The first kappa shape index (κ1) is 67.1. The van der Waals surface area contributed by atoms with Crippen LogP contribution in [0.3, 0.4) is 0 Å². The molecule has 422 valence electrons. The van der Waals surface area contributed by atoms with Gasteiger partial charge in [-0.15, -0.1) is 0 Å². The zero-order valence-electron chi connectivity index (χ0n) is 49.6. The topological polar surface area (TPSA) is 25.3 Å². The predicted octanol–water partition coefficient (Wildman–Crippen LogP) is 25.1. The third-order valence-corrected chi connectivity index (χ3v) is 17.0. The first-order valence-corrected chi connectivity index (χ1v) is 34.1. The van der Waals surface area contributed by atoms with Gasteiger partial charge in [0.1, 0.15) is 0 Å². The van der Waals surface area contributed by atoms with Gasteiger partial charge in [-0.2, -0.15) is 0 Å². The van der Waals surface area contributed by atoms with Gasteiger partial charge in [0, 0.05) is 22.8 Å². The summed E-state index contributed by atoms with van der Waals surface area (Å²) in [7, 11) is 0. The van der Waals surface area contributed by atoms with Crippen molar-refractivity contribution in [2.75, 3.05) is 0 Å². The number of hydrogen-bond donors (Lipinski definition) is 0. The van der Waals surface area contributed by atoms with Gasteiger partial charge < -0.3 is 5.53 Å². The minimum atomic E-state index is 0.897. The van der Waals surface area contributed by atoms with Gasteiger partial charge in [0.15, 0.2) is 0 Å². The van der Waals surface area contributed by atoms with E-state index in [1.54, 1.807) is 0 Å². The molecule has 0 bridgehead atoms. The van der Waals surface area contributed by atoms with Gasteiger partial charge in [0.05, 0.1) is 0 Å². The zero-order valence-corrected chi connectivity index (χ0v) is 50.5. The van der Waals surface area contributed by atoms with Gasteiger partial charge in [-0.05, 0) is 73.9 Å². The molecule has 2 aromatic carbocycles. The molecule has 0 radical (unpaired) electrons. The van der Waals surface area contributed by atoms with E-state index >= 15 is 0 Å². The molecule has 2 nitrogen and oxygen atoms in total. The molecule has 3 heteroatoms. The van der Waals surface area contributed by atoms with Crippen LogP contribution in [0.15, 0.2) is 60.2 Å². The molecule has 3 rings (SSSR count). The van der Waals surface area contributed by atoms with Gasteiger partial charge in [0.2, 0.25) is 11.4 Å².